The third-order valence-corrected chi connectivity index (χ3v) is 7.26. The second-order valence-electron chi connectivity index (χ2n) is 8.28. The highest BCUT2D eigenvalue weighted by atomic mass is 35.5. The fourth-order valence-electron chi connectivity index (χ4n) is 3.37. The molecule has 23 heteroatoms. The largest absolute Gasteiger partial charge is 0.458 e. The number of aromatic nitrogens is 1. The van der Waals surface area contributed by atoms with Crippen LogP contribution in [0.3, 0.4) is 0 Å². The van der Waals surface area contributed by atoms with Crippen molar-refractivity contribution >= 4 is 79.6 Å². The van der Waals surface area contributed by atoms with Gasteiger partial charge in [-0.05, 0) is 17.7 Å². The number of nitrogens with two attached hydrogens (primary N) is 1. The van der Waals surface area contributed by atoms with Crippen molar-refractivity contribution in [3.63, 3.8) is 0 Å². The fraction of sp³-hybridized carbons (Fsp3) is 0.286. The van der Waals surface area contributed by atoms with Gasteiger partial charge in [0, 0.05) is 17.5 Å². The Labute approximate surface area is 255 Å². The third kappa shape index (κ3) is 8.79. The number of anilines is 1. The van der Waals surface area contributed by atoms with Gasteiger partial charge in [-0.15, -0.1) is 22.9 Å². The van der Waals surface area contributed by atoms with Gasteiger partial charge in [-0.1, -0.05) is 5.16 Å². The maximum atomic E-state index is 13.1. The summed E-state index contributed by atoms with van der Waals surface area (Å²) in [6.45, 7) is -1.96. The number of oxime groups is 1. The van der Waals surface area contributed by atoms with Gasteiger partial charge in [-0.25, -0.2) is 18.9 Å². The number of benzene rings is 1. The summed E-state index contributed by atoms with van der Waals surface area (Å²) in [7, 11) is -5.12. The summed E-state index contributed by atoms with van der Waals surface area (Å²) in [5.74, 6) is -4.53. The van der Waals surface area contributed by atoms with Crippen molar-refractivity contribution < 1.29 is 56.2 Å². The summed E-state index contributed by atoms with van der Waals surface area (Å²) in [5, 5.41) is 20.0. The van der Waals surface area contributed by atoms with Gasteiger partial charge in [0.05, 0.1) is 4.92 Å². The molecule has 1 aromatic heterocycles. The van der Waals surface area contributed by atoms with E-state index in [9.17, 15) is 47.1 Å². The molecular formula is C21H20ClN7O13S2. The van der Waals surface area contributed by atoms with E-state index in [4.69, 9.17) is 26.9 Å². The second-order valence-corrected chi connectivity index (χ2v) is 10.7. The van der Waals surface area contributed by atoms with Crippen LogP contribution in [0.1, 0.15) is 11.3 Å². The summed E-state index contributed by atoms with van der Waals surface area (Å²) < 4.78 is 41.9. The summed E-state index contributed by atoms with van der Waals surface area (Å²) in [6.07, 6.45) is -1.34. The number of carbonyl (C=O) groups is 5. The zero-order valence-corrected chi connectivity index (χ0v) is 24.2. The molecular weight excluding hydrogens is 658 g/mol. The lowest BCUT2D eigenvalue weighted by Gasteiger charge is -2.43. The molecule has 0 aliphatic carbocycles. The minimum Gasteiger partial charge on any atom is -0.458 e. The Kier molecular flexibility index (Phi) is 11.1. The zero-order valence-electron chi connectivity index (χ0n) is 21.8. The van der Waals surface area contributed by atoms with Gasteiger partial charge in [-0.2, -0.15) is 8.42 Å². The Morgan fingerprint density at radius 1 is 1.23 bits per heavy atom. The number of nitrogens with one attached hydrogen (secondary N) is 2. The Bertz CT molecular complexity index is 1600. The van der Waals surface area contributed by atoms with Gasteiger partial charge in [0.15, 0.2) is 10.8 Å². The van der Waals surface area contributed by atoms with Crippen LogP contribution in [0.5, 0.6) is 0 Å². The molecule has 2 atom stereocenters. The number of amides is 4. The van der Waals surface area contributed by atoms with Crippen LogP contribution in [0, 0.1) is 10.1 Å². The Hall–Kier alpha value is -4.93. The number of hydrogen-bond acceptors (Lipinski definition) is 15. The number of nitrogens with zero attached hydrogens (tertiary/aromatic N) is 4. The van der Waals surface area contributed by atoms with E-state index < -0.39 is 81.9 Å². The molecule has 0 unspecified atom stereocenters. The number of non-ortho nitro benzene ring substituents is 1. The van der Waals surface area contributed by atoms with Crippen molar-refractivity contribution in [2.45, 2.75) is 18.7 Å². The quantitative estimate of drug-likeness (QED) is 0.0365. The predicted octanol–water partition coefficient (Wildman–Crippen LogP) is -0.714. The first-order valence-corrected chi connectivity index (χ1v) is 14.5. The normalized spacial score (nSPS) is 16.4. The minimum absolute atomic E-state index is 0.0290. The van der Waals surface area contributed by atoms with E-state index in [0.29, 0.717) is 5.56 Å². The van der Waals surface area contributed by atoms with Crippen LogP contribution in [0.25, 0.3) is 0 Å². The molecule has 0 saturated carbocycles. The highest BCUT2D eigenvalue weighted by Gasteiger charge is 2.55. The molecule has 0 radical (unpaired) electrons. The summed E-state index contributed by atoms with van der Waals surface area (Å²) in [6, 6.07) is 1.87. The predicted molar refractivity (Wildman–Crippen MR) is 146 cm³/mol. The van der Waals surface area contributed by atoms with Crippen molar-refractivity contribution in [2.24, 2.45) is 10.9 Å². The number of esters is 1. The molecule has 44 heavy (non-hydrogen) atoms. The van der Waals surface area contributed by atoms with Gasteiger partial charge in [0.2, 0.25) is 12.5 Å². The number of alkyl halides is 1. The molecule has 0 bridgehead atoms. The van der Waals surface area contributed by atoms with Crippen molar-refractivity contribution in [3.8, 4) is 0 Å². The lowest BCUT2D eigenvalue weighted by Crippen LogP contribution is -2.73. The standard InChI is InChI=1S/C21H20ClN7O13S2/c22-5-14(30)25-21-24-12(9-43-21)16(27-42-8-15(31)40-6-10-1-3-11(4-2-10)29(35)36)18(32)26-17-13(7-41-20(23)34)28(19(17)33)44(37,38)39/h1-4,9,13,17H,5-8H2,(H2,23,34)(H,26,32)(H,24,25,30)(H,37,38,39)/b27-16-/t13-,17+/m1/s1. The topological polar surface area (TPSA) is 289 Å². The first kappa shape index (κ1) is 33.6. The summed E-state index contributed by atoms with van der Waals surface area (Å²) in [4.78, 5) is 79.3. The Balaban J connectivity index is 1.75. The zero-order chi connectivity index (χ0) is 32.6. The van der Waals surface area contributed by atoms with Crippen LogP contribution in [-0.2, 0) is 50.4 Å². The molecule has 1 aliphatic heterocycles. The molecule has 2 aromatic rings. The number of nitro benzene ring substituents is 1. The monoisotopic (exact) mass is 677 g/mol. The van der Waals surface area contributed by atoms with Crippen LogP contribution in [0.15, 0.2) is 34.8 Å². The van der Waals surface area contributed by atoms with Gasteiger partial charge in [-0.3, -0.25) is 29.1 Å². The SMILES string of the molecule is NC(=O)OC[C@@H]1[C@H](NC(=O)/C(=N\OCC(=O)OCc2ccc([N+](=O)[O-])cc2)c2csc(NC(=O)CCl)n2)C(=O)N1S(=O)(=O)O. The Morgan fingerprint density at radius 3 is 2.50 bits per heavy atom. The number of nitro groups is 1. The average molecular weight is 678 g/mol. The van der Waals surface area contributed by atoms with Crippen molar-refractivity contribution in [3.05, 3.63) is 51.0 Å². The van der Waals surface area contributed by atoms with E-state index in [-0.39, 0.29) is 27.4 Å². The average Bonchev–Trinajstić information content (AvgIpc) is 3.41. The third-order valence-electron chi connectivity index (χ3n) is 5.32. The number of carbonyl (C=O) groups excluding carboxylic acids is 5. The van der Waals surface area contributed by atoms with Crippen molar-refractivity contribution in [1.29, 1.82) is 0 Å². The maximum Gasteiger partial charge on any atom is 0.404 e. The van der Waals surface area contributed by atoms with E-state index in [2.05, 4.69) is 25.5 Å². The number of ether oxygens (including phenoxy) is 2. The number of primary amides is 1. The molecule has 5 N–H and O–H groups in total. The van der Waals surface area contributed by atoms with Gasteiger partial charge in [0.25, 0.3) is 17.5 Å². The molecule has 1 aliphatic rings. The van der Waals surface area contributed by atoms with Crippen LogP contribution >= 0.6 is 22.9 Å². The number of β-lactam (4-membered cyclic amide) rings is 1. The lowest BCUT2D eigenvalue weighted by atomic mass is 9.99. The molecule has 236 valence electrons. The fourth-order valence-corrected chi connectivity index (χ4v) is 5.01. The molecule has 1 fully saturated rings. The molecule has 0 spiro atoms. The van der Waals surface area contributed by atoms with E-state index in [1.165, 1.54) is 29.6 Å². The second kappa shape index (κ2) is 14.5. The molecule has 1 saturated heterocycles. The van der Waals surface area contributed by atoms with E-state index >= 15 is 0 Å². The van der Waals surface area contributed by atoms with Gasteiger partial charge in [0.1, 0.15) is 36.9 Å². The molecule has 1 aromatic carbocycles. The van der Waals surface area contributed by atoms with E-state index in [1.807, 2.05) is 0 Å². The first-order valence-electron chi connectivity index (χ1n) is 11.7. The number of thiazole rings is 1. The summed E-state index contributed by atoms with van der Waals surface area (Å²) >= 11 is 6.28. The van der Waals surface area contributed by atoms with Gasteiger partial charge >= 0.3 is 22.4 Å². The maximum absolute atomic E-state index is 13.1. The molecule has 4 amide bonds. The highest BCUT2D eigenvalue weighted by Crippen LogP contribution is 2.24. The lowest BCUT2D eigenvalue weighted by molar-refractivity contribution is -0.384. The number of hydrogen-bond donors (Lipinski definition) is 4. The number of halogens is 1. The smallest absolute Gasteiger partial charge is 0.404 e. The van der Waals surface area contributed by atoms with E-state index in [0.717, 1.165) is 11.3 Å². The first-order chi connectivity index (χ1) is 20.7. The minimum atomic E-state index is -5.12. The molecule has 20 nitrogen and oxygen atoms in total. The molecule has 2 heterocycles. The Morgan fingerprint density at radius 2 is 1.91 bits per heavy atom. The van der Waals surface area contributed by atoms with Crippen molar-refractivity contribution in [1.82, 2.24) is 14.6 Å². The van der Waals surface area contributed by atoms with Crippen LogP contribution < -0.4 is 16.4 Å². The van der Waals surface area contributed by atoms with Gasteiger partial charge < -0.3 is 30.7 Å². The van der Waals surface area contributed by atoms with E-state index in [1.54, 1.807) is 0 Å². The number of rotatable bonds is 14. The van der Waals surface area contributed by atoms with Crippen LogP contribution in [0.2, 0.25) is 0 Å². The summed E-state index contributed by atoms with van der Waals surface area (Å²) in [5.41, 5.74) is 4.22. The highest BCUT2D eigenvalue weighted by molar-refractivity contribution is 7.84. The van der Waals surface area contributed by atoms with Crippen molar-refractivity contribution in [2.75, 3.05) is 24.4 Å². The van der Waals surface area contributed by atoms with Crippen LogP contribution in [-0.4, -0.2) is 93.9 Å². The van der Waals surface area contributed by atoms with Crippen LogP contribution in [0.4, 0.5) is 15.6 Å². The molecule has 3 rings (SSSR count).